The molecule has 5 nitrogen and oxygen atoms in total. The van der Waals surface area contributed by atoms with E-state index in [2.05, 4.69) is 6.92 Å². The Hall–Kier alpha value is -2.14. The second-order valence-corrected chi connectivity index (χ2v) is 6.41. The minimum atomic E-state index is -0.892. The first kappa shape index (κ1) is 16.7. The Morgan fingerprint density at radius 3 is 2.25 bits per heavy atom. The molecule has 1 heterocycles. The van der Waals surface area contributed by atoms with E-state index >= 15 is 0 Å². The molecule has 3 rings (SSSR count). The van der Waals surface area contributed by atoms with Crippen molar-refractivity contribution in [2.45, 2.75) is 32.3 Å². The SMILES string of the molecule is CCc1ccc(OC[C@H](O)CN2C(=O)[C@H]3CC=CC[C@H]3C2=O)cc1. The van der Waals surface area contributed by atoms with Gasteiger partial charge in [-0.3, -0.25) is 14.5 Å². The number of imide groups is 1. The molecular weight excluding hydrogens is 306 g/mol. The van der Waals surface area contributed by atoms with Crippen molar-refractivity contribution in [2.75, 3.05) is 13.2 Å². The first-order valence-corrected chi connectivity index (χ1v) is 8.50. The van der Waals surface area contributed by atoms with E-state index in [0.29, 0.717) is 18.6 Å². The molecule has 0 aromatic heterocycles. The maximum Gasteiger partial charge on any atom is 0.233 e. The van der Waals surface area contributed by atoms with Crippen LogP contribution in [-0.4, -0.2) is 41.1 Å². The van der Waals surface area contributed by atoms with Crippen molar-refractivity contribution in [3.63, 3.8) is 0 Å². The Morgan fingerprint density at radius 2 is 1.71 bits per heavy atom. The number of fused-ring (bicyclic) bond motifs is 1. The molecule has 1 saturated heterocycles. The van der Waals surface area contributed by atoms with Gasteiger partial charge in [0.2, 0.25) is 11.8 Å². The van der Waals surface area contributed by atoms with Crippen LogP contribution in [0.5, 0.6) is 5.75 Å². The number of amides is 2. The van der Waals surface area contributed by atoms with Crippen molar-refractivity contribution in [3.05, 3.63) is 42.0 Å². The monoisotopic (exact) mass is 329 g/mol. The van der Waals surface area contributed by atoms with Crippen LogP contribution < -0.4 is 4.74 Å². The van der Waals surface area contributed by atoms with E-state index in [4.69, 9.17) is 4.74 Å². The summed E-state index contributed by atoms with van der Waals surface area (Å²) >= 11 is 0. The summed E-state index contributed by atoms with van der Waals surface area (Å²) in [5, 5.41) is 10.2. The number of aliphatic hydroxyl groups excluding tert-OH is 1. The van der Waals surface area contributed by atoms with E-state index in [-0.39, 0.29) is 36.8 Å². The first-order chi connectivity index (χ1) is 11.6. The van der Waals surface area contributed by atoms with Crippen molar-refractivity contribution in [3.8, 4) is 5.75 Å². The van der Waals surface area contributed by atoms with Crippen LogP contribution in [-0.2, 0) is 16.0 Å². The van der Waals surface area contributed by atoms with Gasteiger partial charge in [0.15, 0.2) is 0 Å². The van der Waals surface area contributed by atoms with Crippen molar-refractivity contribution in [2.24, 2.45) is 11.8 Å². The van der Waals surface area contributed by atoms with Gasteiger partial charge >= 0.3 is 0 Å². The number of hydrogen-bond acceptors (Lipinski definition) is 4. The second kappa shape index (κ2) is 7.18. The number of aliphatic hydroxyl groups is 1. The summed E-state index contributed by atoms with van der Waals surface area (Å²) < 4.78 is 5.56. The molecule has 0 radical (unpaired) electrons. The van der Waals surface area contributed by atoms with E-state index in [0.717, 1.165) is 6.42 Å². The van der Waals surface area contributed by atoms with Crippen molar-refractivity contribution >= 4 is 11.8 Å². The number of β-amino-alcohol motifs (C(OH)–C–C–N with tert-alkyl or cyclic N) is 1. The van der Waals surface area contributed by atoms with Gasteiger partial charge in [0, 0.05) is 0 Å². The van der Waals surface area contributed by atoms with E-state index in [1.165, 1.54) is 10.5 Å². The molecule has 1 N–H and O–H groups in total. The Labute approximate surface area is 141 Å². The summed E-state index contributed by atoms with van der Waals surface area (Å²) in [6.45, 7) is 2.13. The zero-order valence-electron chi connectivity index (χ0n) is 13.9. The van der Waals surface area contributed by atoms with Gasteiger partial charge in [-0.05, 0) is 37.0 Å². The molecule has 2 aliphatic rings. The number of benzene rings is 1. The molecule has 0 spiro atoms. The number of nitrogens with zero attached hydrogens (tertiary/aromatic N) is 1. The van der Waals surface area contributed by atoms with Crippen LogP contribution in [0.25, 0.3) is 0 Å². The van der Waals surface area contributed by atoms with E-state index in [1.54, 1.807) is 0 Å². The zero-order chi connectivity index (χ0) is 17.1. The second-order valence-electron chi connectivity index (χ2n) is 6.41. The maximum absolute atomic E-state index is 12.3. The van der Waals surface area contributed by atoms with Gasteiger partial charge in [0.1, 0.15) is 18.5 Å². The predicted molar refractivity (Wildman–Crippen MR) is 89.4 cm³/mol. The normalized spacial score (nSPS) is 24.2. The molecule has 1 aromatic rings. The van der Waals surface area contributed by atoms with Crippen molar-refractivity contribution in [1.29, 1.82) is 0 Å². The lowest BCUT2D eigenvalue weighted by atomic mass is 9.85. The molecule has 128 valence electrons. The Kier molecular flexibility index (Phi) is 5.00. The number of aryl methyl sites for hydroxylation is 1. The molecular formula is C19H23NO4. The third kappa shape index (κ3) is 3.36. The number of allylic oxidation sites excluding steroid dienone is 2. The predicted octanol–water partition coefficient (Wildman–Crippen LogP) is 1.94. The van der Waals surface area contributed by atoms with Gasteiger partial charge in [-0.15, -0.1) is 0 Å². The first-order valence-electron chi connectivity index (χ1n) is 8.50. The molecule has 3 atom stereocenters. The van der Waals surface area contributed by atoms with Gasteiger partial charge < -0.3 is 9.84 Å². The quantitative estimate of drug-likeness (QED) is 0.640. The van der Waals surface area contributed by atoms with Gasteiger partial charge in [0.25, 0.3) is 0 Å². The standard InChI is InChI=1S/C19H23NO4/c1-2-13-7-9-15(10-8-13)24-12-14(21)11-20-18(22)16-5-3-4-6-17(16)19(20)23/h3-4,7-10,14,16-17,21H,2,5-6,11-12H2,1H3/t14-,16-,17+/m1/s1. The number of carbonyl (C=O) groups excluding carboxylic acids is 2. The third-order valence-corrected chi connectivity index (χ3v) is 4.77. The summed E-state index contributed by atoms with van der Waals surface area (Å²) in [5.41, 5.74) is 1.22. The summed E-state index contributed by atoms with van der Waals surface area (Å²) in [6, 6.07) is 7.68. The average Bonchev–Trinajstić information content (AvgIpc) is 2.86. The number of carbonyl (C=O) groups is 2. The summed E-state index contributed by atoms with van der Waals surface area (Å²) in [5.74, 6) is -0.168. The number of likely N-dealkylation sites (tertiary alicyclic amines) is 1. The molecule has 1 fully saturated rings. The summed E-state index contributed by atoms with van der Waals surface area (Å²) in [4.78, 5) is 25.9. The highest BCUT2D eigenvalue weighted by Gasteiger charge is 2.47. The lowest BCUT2D eigenvalue weighted by molar-refractivity contribution is -0.141. The van der Waals surface area contributed by atoms with E-state index in [1.807, 2.05) is 36.4 Å². The molecule has 0 saturated carbocycles. The number of hydrogen-bond donors (Lipinski definition) is 1. The zero-order valence-corrected chi connectivity index (χ0v) is 13.9. The Bertz CT molecular complexity index is 611. The largest absolute Gasteiger partial charge is 0.491 e. The molecule has 5 heteroatoms. The molecule has 24 heavy (non-hydrogen) atoms. The van der Waals surface area contributed by atoms with Crippen molar-refractivity contribution < 1.29 is 19.4 Å². The van der Waals surface area contributed by atoms with Crippen LogP contribution in [0.1, 0.15) is 25.3 Å². The van der Waals surface area contributed by atoms with Crippen LogP contribution in [0.15, 0.2) is 36.4 Å². The van der Waals surface area contributed by atoms with Crippen molar-refractivity contribution in [1.82, 2.24) is 4.90 Å². The molecule has 0 bridgehead atoms. The van der Waals surface area contributed by atoms with Crippen LogP contribution in [0, 0.1) is 11.8 Å². The fourth-order valence-electron chi connectivity index (χ4n) is 3.33. The fourth-order valence-corrected chi connectivity index (χ4v) is 3.33. The van der Waals surface area contributed by atoms with Gasteiger partial charge in [-0.2, -0.15) is 0 Å². The highest BCUT2D eigenvalue weighted by molar-refractivity contribution is 6.05. The smallest absolute Gasteiger partial charge is 0.233 e. The van der Waals surface area contributed by atoms with Crippen LogP contribution in [0.4, 0.5) is 0 Å². The fraction of sp³-hybridized carbons (Fsp3) is 0.474. The summed E-state index contributed by atoms with van der Waals surface area (Å²) in [6.07, 6.45) is 5.20. The van der Waals surface area contributed by atoms with E-state index < -0.39 is 6.10 Å². The average molecular weight is 329 g/mol. The summed E-state index contributed by atoms with van der Waals surface area (Å²) in [7, 11) is 0. The molecule has 1 aliphatic heterocycles. The number of ether oxygens (including phenoxy) is 1. The third-order valence-electron chi connectivity index (χ3n) is 4.77. The van der Waals surface area contributed by atoms with Gasteiger partial charge in [-0.25, -0.2) is 0 Å². The topological polar surface area (TPSA) is 66.8 Å². The van der Waals surface area contributed by atoms with Gasteiger partial charge in [-0.1, -0.05) is 31.2 Å². The Morgan fingerprint density at radius 1 is 1.12 bits per heavy atom. The molecule has 1 aromatic carbocycles. The maximum atomic E-state index is 12.3. The van der Waals surface area contributed by atoms with Crippen LogP contribution in [0.2, 0.25) is 0 Å². The Balaban J connectivity index is 1.53. The lowest BCUT2D eigenvalue weighted by Gasteiger charge is -2.19. The van der Waals surface area contributed by atoms with E-state index in [9.17, 15) is 14.7 Å². The minimum absolute atomic E-state index is 0.00227. The minimum Gasteiger partial charge on any atom is -0.491 e. The number of rotatable bonds is 6. The highest BCUT2D eigenvalue weighted by Crippen LogP contribution is 2.35. The van der Waals surface area contributed by atoms with Crippen LogP contribution in [0.3, 0.4) is 0 Å². The van der Waals surface area contributed by atoms with Gasteiger partial charge in [0.05, 0.1) is 18.4 Å². The molecule has 2 amide bonds. The molecule has 0 unspecified atom stereocenters. The van der Waals surface area contributed by atoms with Crippen LogP contribution >= 0.6 is 0 Å². The lowest BCUT2D eigenvalue weighted by Crippen LogP contribution is -2.40. The molecule has 1 aliphatic carbocycles. The highest BCUT2D eigenvalue weighted by atomic mass is 16.5.